The fraction of sp³-hybridized carbons (Fsp3) is 0.571. The Kier molecular flexibility index (Phi) is 4.81. The highest BCUT2D eigenvalue weighted by atomic mass is 16.6. The summed E-state index contributed by atoms with van der Waals surface area (Å²) in [5, 5.41) is 31.8. The number of nitrogens with zero attached hydrogens (tertiary/aromatic N) is 4. The van der Waals surface area contributed by atoms with Gasteiger partial charge in [0.05, 0.1) is 19.5 Å². The maximum absolute atomic E-state index is 11.3. The van der Waals surface area contributed by atoms with E-state index in [-0.39, 0.29) is 23.4 Å². The van der Waals surface area contributed by atoms with Crippen molar-refractivity contribution in [3.63, 3.8) is 0 Å². The van der Waals surface area contributed by atoms with Crippen molar-refractivity contribution in [2.75, 3.05) is 18.5 Å². The minimum atomic E-state index is -1.29. The third kappa shape index (κ3) is 3.14. The van der Waals surface area contributed by atoms with Crippen molar-refractivity contribution in [1.82, 2.24) is 19.5 Å². The number of imidazole rings is 1. The molecular formula is C14H19N5O6. The summed E-state index contributed by atoms with van der Waals surface area (Å²) in [6.45, 7) is 2.97. The smallest absolute Gasteiger partial charge is 0.247 e. The second-order valence-electron chi connectivity index (χ2n) is 5.52. The lowest BCUT2D eigenvalue weighted by Crippen LogP contribution is -2.33. The largest absolute Gasteiger partial charge is 0.476 e. The SMILES string of the molecule is CCOc1nc(NC(C)=O)nc2c1ncn2C1OC(CO)C(O)C1O. The summed E-state index contributed by atoms with van der Waals surface area (Å²) in [7, 11) is 0. The summed E-state index contributed by atoms with van der Waals surface area (Å²) in [4.78, 5) is 23.8. The minimum absolute atomic E-state index is 0.0111. The maximum atomic E-state index is 11.3. The van der Waals surface area contributed by atoms with E-state index >= 15 is 0 Å². The first-order valence-corrected chi connectivity index (χ1v) is 7.73. The van der Waals surface area contributed by atoms with E-state index in [9.17, 15) is 20.1 Å². The van der Waals surface area contributed by atoms with Crippen molar-refractivity contribution < 1.29 is 29.6 Å². The van der Waals surface area contributed by atoms with Gasteiger partial charge in [-0.1, -0.05) is 0 Å². The van der Waals surface area contributed by atoms with Crippen LogP contribution < -0.4 is 10.1 Å². The Hall–Kier alpha value is -2.34. The van der Waals surface area contributed by atoms with Gasteiger partial charge in [-0.15, -0.1) is 0 Å². The fourth-order valence-electron chi connectivity index (χ4n) is 2.64. The molecule has 1 amide bonds. The van der Waals surface area contributed by atoms with Gasteiger partial charge in [0, 0.05) is 6.92 Å². The molecule has 11 nitrogen and oxygen atoms in total. The van der Waals surface area contributed by atoms with Crippen molar-refractivity contribution in [1.29, 1.82) is 0 Å². The van der Waals surface area contributed by atoms with Crippen molar-refractivity contribution in [3.8, 4) is 5.88 Å². The second kappa shape index (κ2) is 6.88. The van der Waals surface area contributed by atoms with E-state index in [4.69, 9.17) is 9.47 Å². The second-order valence-corrected chi connectivity index (χ2v) is 5.52. The number of hydrogen-bond acceptors (Lipinski definition) is 9. The number of carbonyl (C=O) groups excluding carboxylic acids is 1. The zero-order chi connectivity index (χ0) is 18.1. The van der Waals surface area contributed by atoms with Crippen LogP contribution in [0.3, 0.4) is 0 Å². The molecule has 4 atom stereocenters. The molecule has 2 aromatic rings. The summed E-state index contributed by atoms with van der Waals surface area (Å²) < 4.78 is 12.3. The van der Waals surface area contributed by atoms with Crippen LogP contribution in [0.5, 0.6) is 5.88 Å². The van der Waals surface area contributed by atoms with E-state index in [1.165, 1.54) is 17.8 Å². The normalized spacial score (nSPS) is 26.1. The monoisotopic (exact) mass is 353 g/mol. The van der Waals surface area contributed by atoms with Gasteiger partial charge in [-0.25, -0.2) is 4.98 Å². The molecule has 1 saturated heterocycles. The average Bonchev–Trinajstić information content (AvgIpc) is 3.09. The van der Waals surface area contributed by atoms with Crippen LogP contribution in [0.15, 0.2) is 6.33 Å². The van der Waals surface area contributed by atoms with E-state index in [1.54, 1.807) is 6.92 Å². The lowest BCUT2D eigenvalue weighted by atomic mass is 10.1. The lowest BCUT2D eigenvalue weighted by Gasteiger charge is -2.17. The van der Waals surface area contributed by atoms with Gasteiger partial charge in [0.15, 0.2) is 17.4 Å². The molecule has 136 valence electrons. The highest BCUT2D eigenvalue weighted by Crippen LogP contribution is 2.33. The number of rotatable bonds is 5. The van der Waals surface area contributed by atoms with Gasteiger partial charge in [0.1, 0.15) is 18.3 Å². The zero-order valence-corrected chi connectivity index (χ0v) is 13.7. The number of ether oxygens (including phenoxy) is 2. The van der Waals surface area contributed by atoms with Crippen LogP contribution in [0.4, 0.5) is 5.95 Å². The summed E-state index contributed by atoms with van der Waals surface area (Å²) in [6.07, 6.45) is -3.12. The van der Waals surface area contributed by atoms with E-state index in [2.05, 4.69) is 20.3 Å². The molecule has 0 aliphatic carbocycles. The van der Waals surface area contributed by atoms with Gasteiger partial charge in [0.2, 0.25) is 17.7 Å². The van der Waals surface area contributed by atoms with Gasteiger partial charge in [-0.3, -0.25) is 14.7 Å². The zero-order valence-electron chi connectivity index (χ0n) is 13.7. The number of nitrogens with one attached hydrogen (secondary N) is 1. The first-order chi connectivity index (χ1) is 12.0. The number of aliphatic hydroxyl groups is 3. The molecule has 0 spiro atoms. The van der Waals surface area contributed by atoms with Crippen LogP contribution in [0.2, 0.25) is 0 Å². The Bertz CT molecular complexity index is 780. The molecule has 3 heterocycles. The van der Waals surface area contributed by atoms with Crippen LogP contribution in [0.1, 0.15) is 20.1 Å². The van der Waals surface area contributed by atoms with Gasteiger partial charge in [0.25, 0.3) is 0 Å². The molecule has 4 N–H and O–H groups in total. The van der Waals surface area contributed by atoms with Crippen LogP contribution in [0, 0.1) is 0 Å². The molecule has 4 unspecified atom stereocenters. The minimum Gasteiger partial charge on any atom is -0.476 e. The molecule has 25 heavy (non-hydrogen) atoms. The maximum Gasteiger partial charge on any atom is 0.247 e. The van der Waals surface area contributed by atoms with Gasteiger partial charge in [-0.05, 0) is 6.92 Å². The van der Waals surface area contributed by atoms with E-state index in [0.717, 1.165) is 0 Å². The van der Waals surface area contributed by atoms with Gasteiger partial charge < -0.3 is 24.8 Å². The van der Waals surface area contributed by atoms with Crippen molar-refractivity contribution >= 4 is 23.0 Å². The van der Waals surface area contributed by atoms with Crippen molar-refractivity contribution in [2.45, 2.75) is 38.4 Å². The molecule has 1 fully saturated rings. The number of amides is 1. The topological polar surface area (TPSA) is 152 Å². The number of aliphatic hydroxyl groups excluding tert-OH is 3. The molecular weight excluding hydrogens is 334 g/mol. The van der Waals surface area contributed by atoms with E-state index < -0.39 is 31.1 Å². The van der Waals surface area contributed by atoms with E-state index in [0.29, 0.717) is 12.1 Å². The van der Waals surface area contributed by atoms with Crippen LogP contribution in [0.25, 0.3) is 11.2 Å². The molecule has 1 aliphatic heterocycles. The molecule has 0 saturated carbocycles. The average molecular weight is 353 g/mol. The number of fused-ring (bicyclic) bond motifs is 1. The summed E-state index contributed by atoms with van der Waals surface area (Å²) in [5.41, 5.74) is 0.561. The number of carbonyl (C=O) groups is 1. The molecule has 11 heteroatoms. The Morgan fingerprint density at radius 2 is 2.16 bits per heavy atom. The van der Waals surface area contributed by atoms with E-state index in [1.807, 2.05) is 0 Å². The van der Waals surface area contributed by atoms with Crippen molar-refractivity contribution in [3.05, 3.63) is 6.33 Å². The number of anilines is 1. The van der Waals surface area contributed by atoms with Gasteiger partial charge in [-0.2, -0.15) is 9.97 Å². The van der Waals surface area contributed by atoms with Crippen LogP contribution in [-0.4, -0.2) is 72.3 Å². The van der Waals surface area contributed by atoms with Crippen LogP contribution >= 0.6 is 0 Å². The quantitative estimate of drug-likeness (QED) is 0.519. The first-order valence-electron chi connectivity index (χ1n) is 7.73. The first kappa shape index (κ1) is 17.5. The predicted molar refractivity (Wildman–Crippen MR) is 83.8 cm³/mol. The van der Waals surface area contributed by atoms with Crippen molar-refractivity contribution in [2.24, 2.45) is 0 Å². The molecule has 0 radical (unpaired) electrons. The van der Waals surface area contributed by atoms with Gasteiger partial charge >= 0.3 is 0 Å². The highest BCUT2D eigenvalue weighted by molar-refractivity contribution is 5.88. The highest BCUT2D eigenvalue weighted by Gasteiger charge is 2.44. The van der Waals surface area contributed by atoms with Crippen LogP contribution in [-0.2, 0) is 9.53 Å². The molecule has 1 aliphatic rings. The molecule has 2 aromatic heterocycles. The predicted octanol–water partition coefficient (Wildman–Crippen LogP) is -1.21. The third-order valence-corrected chi connectivity index (χ3v) is 3.75. The number of aromatic nitrogens is 4. The summed E-state index contributed by atoms with van der Waals surface area (Å²) in [6, 6.07) is 0. The number of hydrogen-bond donors (Lipinski definition) is 4. The summed E-state index contributed by atoms with van der Waals surface area (Å²) >= 11 is 0. The third-order valence-electron chi connectivity index (χ3n) is 3.75. The summed E-state index contributed by atoms with van der Waals surface area (Å²) in [5.74, 6) is -0.181. The lowest BCUT2D eigenvalue weighted by molar-refractivity contribution is -0.114. The fourth-order valence-corrected chi connectivity index (χ4v) is 2.64. The standard InChI is InChI=1S/C14H19N5O6/c1-3-24-12-8-11(17-14(18-12)16-6(2)21)19(5-15-8)13-10(23)9(22)7(4-20)25-13/h5,7,9-10,13,20,22-23H,3-4H2,1-2H3,(H,16,17,18,21). The molecule has 0 bridgehead atoms. The Morgan fingerprint density at radius 1 is 1.40 bits per heavy atom. The Morgan fingerprint density at radius 3 is 2.76 bits per heavy atom. The Balaban J connectivity index is 2.07. The molecule has 0 aromatic carbocycles. The molecule has 3 rings (SSSR count). The Labute approximate surface area is 142 Å².